The van der Waals surface area contributed by atoms with E-state index in [-0.39, 0.29) is 21.4 Å². The summed E-state index contributed by atoms with van der Waals surface area (Å²) in [6.45, 7) is 1.83. The van der Waals surface area contributed by atoms with Crippen LogP contribution in [0, 0.1) is 10.1 Å². The van der Waals surface area contributed by atoms with Crippen LogP contribution in [0.5, 0.6) is 5.75 Å². The van der Waals surface area contributed by atoms with Crippen molar-refractivity contribution in [2.24, 2.45) is 0 Å². The third kappa shape index (κ3) is 5.26. The molecule has 1 amide bonds. The first-order valence-electron chi connectivity index (χ1n) is 9.43. The van der Waals surface area contributed by atoms with E-state index in [4.69, 9.17) is 4.74 Å². The zero-order valence-corrected chi connectivity index (χ0v) is 17.4. The fraction of sp³-hybridized carbons (Fsp3) is 0.136. The molecular weight excluding hydrogens is 420 g/mol. The highest BCUT2D eigenvalue weighted by Crippen LogP contribution is 2.24. The van der Waals surface area contributed by atoms with Crippen LogP contribution in [-0.4, -0.2) is 25.4 Å². The number of amides is 1. The predicted molar refractivity (Wildman–Crippen MR) is 115 cm³/mol. The van der Waals surface area contributed by atoms with Crippen LogP contribution in [0.2, 0.25) is 0 Å². The summed E-state index contributed by atoms with van der Waals surface area (Å²) in [5.74, 6) is 0.228. The Balaban J connectivity index is 1.71. The van der Waals surface area contributed by atoms with Crippen LogP contribution >= 0.6 is 0 Å². The fourth-order valence-electron chi connectivity index (χ4n) is 2.81. The molecule has 0 aliphatic carbocycles. The molecule has 0 radical (unpaired) electrons. The molecule has 3 aromatic carbocycles. The lowest BCUT2D eigenvalue weighted by Crippen LogP contribution is -2.32. The number of ether oxygens (including phenoxy) is 1. The SMILES string of the molecule is CCC(Oc1ccccc1)C(=O)Nc1ccc(S(=O)(=O)c2ccc([N+](=O)[O-])cc2)cc1. The number of carbonyl (C=O) groups excluding carboxylic acids is 1. The fourth-order valence-corrected chi connectivity index (χ4v) is 4.07. The number of hydrogen-bond donors (Lipinski definition) is 1. The first-order valence-corrected chi connectivity index (χ1v) is 10.9. The van der Waals surface area contributed by atoms with E-state index in [9.17, 15) is 23.3 Å². The highest BCUT2D eigenvalue weighted by molar-refractivity contribution is 7.91. The summed E-state index contributed by atoms with van der Waals surface area (Å²) in [7, 11) is -3.85. The first-order chi connectivity index (χ1) is 14.8. The zero-order valence-electron chi connectivity index (χ0n) is 16.6. The Morgan fingerprint density at radius 2 is 1.52 bits per heavy atom. The van der Waals surface area contributed by atoms with Gasteiger partial charge in [0.1, 0.15) is 5.75 Å². The molecule has 1 unspecified atom stereocenters. The second-order valence-electron chi connectivity index (χ2n) is 6.60. The Hall–Kier alpha value is -3.72. The molecule has 8 nitrogen and oxygen atoms in total. The maximum absolute atomic E-state index is 12.7. The molecule has 0 spiro atoms. The van der Waals surface area contributed by atoms with Crippen LogP contribution in [0.25, 0.3) is 0 Å². The van der Waals surface area contributed by atoms with Crippen molar-refractivity contribution < 1.29 is 22.9 Å². The molecule has 160 valence electrons. The van der Waals surface area contributed by atoms with Crippen LogP contribution in [0.1, 0.15) is 13.3 Å². The van der Waals surface area contributed by atoms with Gasteiger partial charge in [-0.1, -0.05) is 25.1 Å². The van der Waals surface area contributed by atoms with E-state index >= 15 is 0 Å². The normalized spacial score (nSPS) is 12.0. The number of benzene rings is 3. The van der Waals surface area contributed by atoms with Crippen LogP contribution in [0.15, 0.2) is 88.7 Å². The largest absolute Gasteiger partial charge is 0.481 e. The predicted octanol–water partition coefficient (Wildman–Crippen LogP) is 4.22. The molecule has 0 aromatic heterocycles. The number of anilines is 1. The van der Waals surface area contributed by atoms with Gasteiger partial charge in [0.15, 0.2) is 6.10 Å². The van der Waals surface area contributed by atoms with E-state index in [1.165, 1.54) is 36.4 Å². The van der Waals surface area contributed by atoms with Crippen molar-refractivity contribution in [3.05, 3.63) is 89.0 Å². The Kier molecular flexibility index (Phi) is 6.66. The second kappa shape index (κ2) is 9.40. The van der Waals surface area contributed by atoms with Gasteiger partial charge in [-0.15, -0.1) is 0 Å². The average molecular weight is 440 g/mol. The molecule has 3 aromatic rings. The van der Waals surface area contributed by atoms with Crippen molar-refractivity contribution in [1.29, 1.82) is 0 Å². The van der Waals surface area contributed by atoms with E-state index in [1.54, 1.807) is 12.1 Å². The number of sulfone groups is 1. The van der Waals surface area contributed by atoms with Crippen molar-refractivity contribution in [2.45, 2.75) is 29.2 Å². The van der Waals surface area contributed by atoms with Gasteiger partial charge in [-0.3, -0.25) is 14.9 Å². The van der Waals surface area contributed by atoms with Gasteiger partial charge in [-0.05, 0) is 55.0 Å². The van der Waals surface area contributed by atoms with Crippen molar-refractivity contribution in [2.75, 3.05) is 5.32 Å². The summed E-state index contributed by atoms with van der Waals surface area (Å²) in [6.07, 6.45) is -0.251. The molecule has 3 rings (SSSR count). The van der Waals surface area contributed by atoms with Crippen molar-refractivity contribution >= 4 is 27.1 Å². The topological polar surface area (TPSA) is 116 Å². The number of para-hydroxylation sites is 1. The van der Waals surface area contributed by atoms with E-state index in [1.807, 2.05) is 25.1 Å². The number of nitrogens with one attached hydrogen (secondary N) is 1. The molecule has 0 aliphatic rings. The zero-order chi connectivity index (χ0) is 22.4. The van der Waals surface area contributed by atoms with Crippen molar-refractivity contribution in [3.63, 3.8) is 0 Å². The van der Waals surface area contributed by atoms with Gasteiger partial charge < -0.3 is 10.1 Å². The molecule has 1 N–H and O–H groups in total. The standard InChI is InChI=1S/C22H20N2O6S/c1-2-21(30-18-6-4-3-5-7-18)22(25)23-16-8-12-19(13-9-16)31(28,29)20-14-10-17(11-15-20)24(26)27/h3-15,21H,2H2,1H3,(H,23,25). The Morgan fingerprint density at radius 1 is 0.968 bits per heavy atom. The molecule has 0 fully saturated rings. The van der Waals surface area contributed by atoms with Crippen molar-refractivity contribution in [1.82, 2.24) is 0 Å². The number of rotatable bonds is 8. The highest BCUT2D eigenvalue weighted by Gasteiger charge is 2.21. The summed E-state index contributed by atoms with van der Waals surface area (Å²) in [5.41, 5.74) is 0.225. The van der Waals surface area contributed by atoms with Gasteiger partial charge >= 0.3 is 0 Å². The van der Waals surface area contributed by atoms with Gasteiger partial charge in [-0.2, -0.15) is 0 Å². The van der Waals surface area contributed by atoms with Gasteiger partial charge in [0.2, 0.25) is 9.84 Å². The minimum Gasteiger partial charge on any atom is -0.481 e. The maximum atomic E-state index is 12.7. The molecule has 0 aliphatic heterocycles. The Labute approximate surface area is 179 Å². The monoisotopic (exact) mass is 440 g/mol. The van der Waals surface area contributed by atoms with Crippen LogP contribution < -0.4 is 10.1 Å². The number of carbonyl (C=O) groups is 1. The molecule has 0 saturated carbocycles. The third-order valence-corrected chi connectivity index (χ3v) is 6.26. The summed E-state index contributed by atoms with van der Waals surface area (Å²) in [5, 5.41) is 13.5. The lowest BCUT2D eigenvalue weighted by Gasteiger charge is -2.17. The minimum atomic E-state index is -3.85. The van der Waals surface area contributed by atoms with E-state index in [0.717, 1.165) is 12.1 Å². The quantitative estimate of drug-likeness (QED) is 0.414. The van der Waals surface area contributed by atoms with Gasteiger partial charge in [0, 0.05) is 17.8 Å². The Morgan fingerprint density at radius 3 is 2.03 bits per heavy atom. The number of nitro groups is 1. The molecule has 0 bridgehead atoms. The van der Waals surface area contributed by atoms with E-state index in [0.29, 0.717) is 17.9 Å². The average Bonchev–Trinajstić information content (AvgIpc) is 2.78. The highest BCUT2D eigenvalue weighted by atomic mass is 32.2. The molecule has 9 heteroatoms. The molecule has 31 heavy (non-hydrogen) atoms. The number of non-ortho nitro benzene ring substituents is 1. The smallest absolute Gasteiger partial charge is 0.269 e. The first kappa shape index (κ1) is 22.0. The lowest BCUT2D eigenvalue weighted by molar-refractivity contribution is -0.384. The van der Waals surface area contributed by atoms with Gasteiger partial charge in [0.05, 0.1) is 14.7 Å². The third-order valence-electron chi connectivity index (χ3n) is 4.47. The van der Waals surface area contributed by atoms with Crippen LogP contribution in [0.3, 0.4) is 0 Å². The minimum absolute atomic E-state index is 0.00642. The Bertz CT molecular complexity index is 1160. The second-order valence-corrected chi connectivity index (χ2v) is 8.55. The molecule has 0 heterocycles. The molecule has 1 atom stereocenters. The summed E-state index contributed by atoms with van der Waals surface area (Å²) in [6, 6.07) is 19.3. The van der Waals surface area contributed by atoms with E-state index in [2.05, 4.69) is 5.32 Å². The summed E-state index contributed by atoms with van der Waals surface area (Å²) >= 11 is 0. The molecule has 0 saturated heterocycles. The lowest BCUT2D eigenvalue weighted by atomic mass is 10.2. The number of hydrogen-bond acceptors (Lipinski definition) is 6. The summed E-state index contributed by atoms with van der Waals surface area (Å²) in [4.78, 5) is 22.6. The van der Waals surface area contributed by atoms with Gasteiger partial charge in [-0.25, -0.2) is 8.42 Å². The van der Waals surface area contributed by atoms with Crippen molar-refractivity contribution in [3.8, 4) is 5.75 Å². The maximum Gasteiger partial charge on any atom is 0.269 e. The molecular formula is C22H20N2O6S. The van der Waals surface area contributed by atoms with Crippen LogP contribution in [0.4, 0.5) is 11.4 Å². The number of nitro benzene ring substituents is 1. The number of nitrogens with zero attached hydrogens (tertiary/aromatic N) is 1. The summed E-state index contributed by atoms with van der Waals surface area (Å²) < 4.78 is 31.2. The van der Waals surface area contributed by atoms with Gasteiger partial charge in [0.25, 0.3) is 11.6 Å². The van der Waals surface area contributed by atoms with Crippen LogP contribution in [-0.2, 0) is 14.6 Å². The van der Waals surface area contributed by atoms with E-state index < -0.39 is 20.9 Å².